The zero-order chi connectivity index (χ0) is 19.0. The molecule has 0 saturated heterocycles. The third kappa shape index (κ3) is 3.38. The largest absolute Gasteiger partial charge is 0.157 e. The van der Waals surface area contributed by atoms with Gasteiger partial charge in [-0.1, -0.05) is 23.8 Å². The van der Waals surface area contributed by atoms with E-state index in [0.29, 0.717) is 6.42 Å². The summed E-state index contributed by atoms with van der Waals surface area (Å²) in [6.45, 7) is 8.37. The summed E-state index contributed by atoms with van der Waals surface area (Å²) in [5.74, 6) is 0. The Morgan fingerprint density at radius 3 is 2.22 bits per heavy atom. The van der Waals surface area contributed by atoms with Gasteiger partial charge in [0.05, 0.1) is 35.7 Å². The van der Waals surface area contributed by atoms with E-state index >= 15 is 0 Å². The molecule has 6 heteroatoms. The molecule has 6 nitrogen and oxygen atoms in total. The van der Waals surface area contributed by atoms with Crippen LogP contribution in [0.5, 0.6) is 0 Å². The van der Waals surface area contributed by atoms with Crippen LogP contribution in [0.4, 0.5) is 0 Å². The summed E-state index contributed by atoms with van der Waals surface area (Å²) in [6, 6.07) is 10.6. The lowest BCUT2D eigenvalue weighted by Gasteiger charge is -2.11. The van der Waals surface area contributed by atoms with E-state index in [2.05, 4.69) is 78.4 Å². The topological polar surface area (TPSA) is 61.4 Å². The van der Waals surface area contributed by atoms with E-state index in [1.54, 1.807) is 22.0 Å². The predicted molar refractivity (Wildman–Crippen MR) is 104 cm³/mol. The van der Waals surface area contributed by atoms with Gasteiger partial charge in [0.1, 0.15) is 0 Å². The van der Waals surface area contributed by atoms with Crippen LogP contribution in [0.2, 0.25) is 0 Å². The fraction of sp³-hybridized carbons (Fsp3) is 0.238. The van der Waals surface area contributed by atoms with Gasteiger partial charge in [-0.05, 0) is 62.1 Å². The minimum Gasteiger partial charge on any atom is -0.157 e. The van der Waals surface area contributed by atoms with Gasteiger partial charge in [-0.3, -0.25) is 0 Å². The van der Waals surface area contributed by atoms with Gasteiger partial charge >= 0.3 is 0 Å². The molecule has 2 heterocycles. The molecule has 0 radical (unpaired) electrons. The summed E-state index contributed by atoms with van der Waals surface area (Å²) < 4.78 is 0. The van der Waals surface area contributed by atoms with E-state index in [0.717, 1.165) is 28.2 Å². The Kier molecular flexibility index (Phi) is 4.32. The highest BCUT2D eigenvalue weighted by atomic mass is 15.5. The molecule has 27 heavy (non-hydrogen) atoms. The second-order valence-corrected chi connectivity index (χ2v) is 6.98. The number of nitrogens with zero attached hydrogens (tertiary/aromatic N) is 6. The van der Waals surface area contributed by atoms with Crippen molar-refractivity contribution in [1.29, 1.82) is 0 Å². The van der Waals surface area contributed by atoms with E-state index in [-0.39, 0.29) is 0 Å². The maximum atomic E-state index is 4.69. The average Bonchev–Trinajstić information content (AvgIpc) is 3.29. The minimum absolute atomic E-state index is 0.714. The Bertz CT molecular complexity index is 1090. The zero-order valence-corrected chi connectivity index (χ0v) is 16.0. The number of rotatable bonds is 4. The Labute approximate surface area is 158 Å². The first kappa shape index (κ1) is 17.1. The van der Waals surface area contributed by atoms with Crippen LogP contribution in [-0.4, -0.2) is 30.0 Å². The highest BCUT2D eigenvalue weighted by Gasteiger charge is 2.11. The molecule has 0 aliphatic heterocycles. The van der Waals surface area contributed by atoms with Crippen molar-refractivity contribution >= 4 is 0 Å². The predicted octanol–water partition coefficient (Wildman–Crippen LogP) is 3.67. The van der Waals surface area contributed by atoms with E-state index in [1.165, 1.54) is 16.7 Å². The third-order valence-electron chi connectivity index (χ3n) is 4.77. The number of hydrogen-bond acceptors (Lipinski definition) is 4. The van der Waals surface area contributed by atoms with Gasteiger partial charge in [-0.25, -0.2) is 0 Å². The normalized spacial score (nSPS) is 11.1. The quantitative estimate of drug-likeness (QED) is 0.558. The van der Waals surface area contributed by atoms with Gasteiger partial charge in [0.2, 0.25) is 0 Å². The van der Waals surface area contributed by atoms with Gasteiger partial charge in [-0.15, -0.1) is 0 Å². The standard InChI is InChI=1S/C21H22N6/c1-14-5-6-20(16(3)9-14)27-24-13-19(25-27)11-18-12-21(17(4)10-15(18)2)26-22-7-8-23-26/h5-10,12-13H,11H2,1-4H3. The van der Waals surface area contributed by atoms with Crippen LogP contribution >= 0.6 is 0 Å². The second-order valence-electron chi connectivity index (χ2n) is 6.98. The van der Waals surface area contributed by atoms with Gasteiger partial charge in [0, 0.05) is 6.42 Å². The SMILES string of the molecule is Cc1ccc(-n2ncc(Cc3cc(-n4nccn4)c(C)cc3C)n2)c(C)c1. The van der Waals surface area contributed by atoms with Crippen LogP contribution in [0.3, 0.4) is 0 Å². The Hall–Kier alpha value is -3.28. The first-order valence-corrected chi connectivity index (χ1v) is 8.97. The lowest BCUT2D eigenvalue weighted by Crippen LogP contribution is -2.05. The lowest BCUT2D eigenvalue weighted by atomic mass is 10.0. The molecule has 2 aromatic carbocycles. The monoisotopic (exact) mass is 358 g/mol. The molecule has 0 aliphatic carbocycles. The second kappa shape index (κ2) is 6.79. The molecule has 136 valence electrons. The van der Waals surface area contributed by atoms with Gasteiger partial charge in [-0.2, -0.15) is 30.0 Å². The molecule has 0 unspecified atom stereocenters. The molecule has 0 amide bonds. The fourth-order valence-corrected chi connectivity index (χ4v) is 3.35. The molecule has 2 aromatic heterocycles. The lowest BCUT2D eigenvalue weighted by molar-refractivity contribution is 0.734. The molecule has 0 aliphatic rings. The van der Waals surface area contributed by atoms with Crippen molar-refractivity contribution in [2.45, 2.75) is 34.1 Å². The maximum absolute atomic E-state index is 4.69. The van der Waals surface area contributed by atoms with Crippen molar-refractivity contribution in [3.05, 3.63) is 82.4 Å². The third-order valence-corrected chi connectivity index (χ3v) is 4.77. The summed E-state index contributed by atoms with van der Waals surface area (Å²) in [7, 11) is 0. The highest BCUT2D eigenvalue weighted by Crippen LogP contribution is 2.21. The molecule has 0 atom stereocenters. The van der Waals surface area contributed by atoms with E-state index in [9.17, 15) is 0 Å². The van der Waals surface area contributed by atoms with Crippen LogP contribution in [0.25, 0.3) is 11.4 Å². The van der Waals surface area contributed by atoms with Crippen molar-refractivity contribution in [2.75, 3.05) is 0 Å². The molecule has 0 fully saturated rings. The molecule has 0 bridgehead atoms. The van der Waals surface area contributed by atoms with Crippen LogP contribution in [-0.2, 0) is 6.42 Å². The number of aryl methyl sites for hydroxylation is 4. The van der Waals surface area contributed by atoms with E-state index in [4.69, 9.17) is 0 Å². The van der Waals surface area contributed by atoms with Crippen molar-refractivity contribution in [2.24, 2.45) is 0 Å². The first-order valence-electron chi connectivity index (χ1n) is 8.97. The van der Waals surface area contributed by atoms with Crippen molar-refractivity contribution in [3.8, 4) is 11.4 Å². The summed E-state index contributed by atoms with van der Waals surface area (Å²) >= 11 is 0. The zero-order valence-electron chi connectivity index (χ0n) is 16.0. The highest BCUT2D eigenvalue weighted by molar-refractivity contribution is 5.47. The summed E-state index contributed by atoms with van der Waals surface area (Å²) in [5, 5.41) is 17.7. The summed E-state index contributed by atoms with van der Waals surface area (Å²) in [4.78, 5) is 3.37. The first-order chi connectivity index (χ1) is 13.0. The van der Waals surface area contributed by atoms with Crippen molar-refractivity contribution in [3.63, 3.8) is 0 Å². The Morgan fingerprint density at radius 1 is 0.741 bits per heavy atom. The molecule has 0 saturated carbocycles. The minimum atomic E-state index is 0.714. The van der Waals surface area contributed by atoms with E-state index < -0.39 is 0 Å². The maximum Gasteiger partial charge on any atom is 0.0888 e. The smallest absolute Gasteiger partial charge is 0.0888 e. The molecule has 4 rings (SSSR count). The van der Waals surface area contributed by atoms with Crippen molar-refractivity contribution in [1.82, 2.24) is 30.0 Å². The van der Waals surface area contributed by atoms with Crippen LogP contribution in [0.15, 0.2) is 48.9 Å². The van der Waals surface area contributed by atoms with Gasteiger partial charge in [0.25, 0.3) is 0 Å². The van der Waals surface area contributed by atoms with Gasteiger partial charge in [0.15, 0.2) is 0 Å². The van der Waals surface area contributed by atoms with Gasteiger partial charge < -0.3 is 0 Å². The number of benzene rings is 2. The Balaban J connectivity index is 1.65. The van der Waals surface area contributed by atoms with Crippen LogP contribution < -0.4 is 0 Å². The summed E-state index contributed by atoms with van der Waals surface area (Å²) in [6.07, 6.45) is 5.93. The Morgan fingerprint density at radius 2 is 1.48 bits per heavy atom. The molecule has 4 aromatic rings. The average molecular weight is 358 g/mol. The molecular formula is C21H22N6. The fourth-order valence-electron chi connectivity index (χ4n) is 3.35. The molecule has 0 spiro atoms. The molecular weight excluding hydrogens is 336 g/mol. The summed E-state index contributed by atoms with van der Waals surface area (Å²) in [5.41, 5.74) is 8.89. The number of hydrogen-bond donors (Lipinski definition) is 0. The van der Waals surface area contributed by atoms with E-state index in [1.807, 2.05) is 6.20 Å². The molecule has 0 N–H and O–H groups in total. The van der Waals surface area contributed by atoms with Crippen LogP contribution in [0, 0.1) is 27.7 Å². The number of aromatic nitrogens is 6. The van der Waals surface area contributed by atoms with Crippen LogP contribution in [0.1, 0.15) is 33.5 Å². The van der Waals surface area contributed by atoms with Crippen molar-refractivity contribution < 1.29 is 0 Å².